The number of halogens is 3. The van der Waals surface area contributed by atoms with Gasteiger partial charge < -0.3 is 4.74 Å². The van der Waals surface area contributed by atoms with Gasteiger partial charge in [-0.05, 0) is 50.6 Å². The van der Waals surface area contributed by atoms with Crippen LogP contribution < -0.4 is 5.32 Å². The number of carbonyl (C=O) groups excluding carboxylic acids is 1. The van der Waals surface area contributed by atoms with E-state index in [0.717, 1.165) is 17.7 Å². The lowest BCUT2D eigenvalue weighted by Gasteiger charge is -2.15. The third-order valence-electron chi connectivity index (χ3n) is 3.26. The molecule has 0 heterocycles. The number of amides is 1. The van der Waals surface area contributed by atoms with Crippen LogP contribution in [0.1, 0.15) is 25.0 Å². The molecular weight excluding hydrogens is 319 g/mol. The second-order valence-corrected chi connectivity index (χ2v) is 5.71. The number of nitrogens with one attached hydrogen (secondary N) is 1. The van der Waals surface area contributed by atoms with Crippen LogP contribution in [0.2, 0.25) is 0 Å². The quantitative estimate of drug-likeness (QED) is 0.787. The summed E-state index contributed by atoms with van der Waals surface area (Å²) in [6.45, 7) is 5.25. The van der Waals surface area contributed by atoms with Crippen molar-refractivity contribution < 1.29 is 22.7 Å². The van der Waals surface area contributed by atoms with Crippen LogP contribution in [0.15, 0.2) is 42.5 Å². The maximum absolute atomic E-state index is 12.9. The van der Waals surface area contributed by atoms with Gasteiger partial charge in [-0.15, -0.1) is 0 Å². The molecule has 0 bridgehead atoms. The van der Waals surface area contributed by atoms with Crippen molar-refractivity contribution in [2.75, 3.05) is 5.32 Å². The van der Waals surface area contributed by atoms with E-state index in [1.54, 1.807) is 38.1 Å². The molecule has 1 N–H and O–H groups in total. The molecule has 6 heteroatoms. The molecule has 0 aliphatic carbocycles. The van der Waals surface area contributed by atoms with Crippen molar-refractivity contribution in [2.24, 2.45) is 0 Å². The Kier molecular flexibility index (Phi) is 5.17. The summed E-state index contributed by atoms with van der Waals surface area (Å²) in [5.74, 6) is 0. The van der Waals surface area contributed by atoms with Gasteiger partial charge >= 0.3 is 12.3 Å². The topological polar surface area (TPSA) is 38.3 Å². The molecule has 0 saturated carbocycles. The summed E-state index contributed by atoms with van der Waals surface area (Å²) in [6.07, 6.45) is -5.38. The molecule has 0 unspecified atom stereocenters. The molecule has 1 amide bonds. The zero-order valence-electron chi connectivity index (χ0n) is 13.6. The third kappa shape index (κ3) is 4.50. The first-order valence-corrected chi connectivity index (χ1v) is 7.42. The van der Waals surface area contributed by atoms with E-state index in [0.29, 0.717) is 16.8 Å². The maximum Gasteiger partial charge on any atom is 0.416 e. The largest absolute Gasteiger partial charge is 0.447 e. The monoisotopic (exact) mass is 337 g/mol. The van der Waals surface area contributed by atoms with Crippen LogP contribution in [0.4, 0.5) is 23.7 Å². The Morgan fingerprint density at radius 1 is 1.12 bits per heavy atom. The average Bonchev–Trinajstić information content (AvgIpc) is 2.47. The average molecular weight is 337 g/mol. The molecule has 2 aromatic rings. The van der Waals surface area contributed by atoms with Gasteiger partial charge in [-0.25, -0.2) is 4.79 Å². The van der Waals surface area contributed by atoms with Crippen molar-refractivity contribution in [3.8, 4) is 11.1 Å². The Balaban J connectivity index is 2.43. The number of anilines is 1. The van der Waals surface area contributed by atoms with Crippen LogP contribution in [0.5, 0.6) is 0 Å². The molecule has 2 aromatic carbocycles. The van der Waals surface area contributed by atoms with Crippen molar-refractivity contribution in [2.45, 2.75) is 33.1 Å². The first kappa shape index (κ1) is 17.8. The number of hydrogen-bond acceptors (Lipinski definition) is 2. The second-order valence-electron chi connectivity index (χ2n) is 5.71. The van der Waals surface area contributed by atoms with Gasteiger partial charge in [-0.2, -0.15) is 13.2 Å². The zero-order chi connectivity index (χ0) is 17.9. The summed E-state index contributed by atoms with van der Waals surface area (Å²) in [6, 6.07) is 10.1. The lowest BCUT2D eigenvalue weighted by molar-refractivity contribution is -0.137. The minimum atomic E-state index is -4.43. The minimum Gasteiger partial charge on any atom is -0.447 e. The first-order valence-electron chi connectivity index (χ1n) is 7.42. The molecule has 0 fully saturated rings. The fraction of sp³-hybridized carbons (Fsp3) is 0.278. The first-order chi connectivity index (χ1) is 11.2. The summed E-state index contributed by atoms with van der Waals surface area (Å²) in [4.78, 5) is 11.8. The molecule has 0 radical (unpaired) electrons. The maximum atomic E-state index is 12.9. The van der Waals surface area contributed by atoms with E-state index in [2.05, 4.69) is 5.32 Å². The van der Waals surface area contributed by atoms with Crippen LogP contribution in [0.25, 0.3) is 11.1 Å². The number of alkyl halides is 3. The summed E-state index contributed by atoms with van der Waals surface area (Å²) in [5.41, 5.74) is 1.39. The van der Waals surface area contributed by atoms with Gasteiger partial charge in [0.1, 0.15) is 0 Å². The van der Waals surface area contributed by atoms with Gasteiger partial charge in [0.15, 0.2) is 0 Å². The Bertz CT molecular complexity index is 739. The van der Waals surface area contributed by atoms with Gasteiger partial charge in [-0.1, -0.05) is 23.8 Å². The number of ether oxygens (including phenoxy) is 1. The lowest BCUT2D eigenvalue weighted by atomic mass is 9.99. The SMILES string of the molecule is Cc1ccc(NC(=O)OC(C)C)c(-c2cccc(C(F)(F)F)c2)c1. The number of aryl methyl sites for hydroxylation is 1. The molecule has 0 saturated heterocycles. The fourth-order valence-electron chi connectivity index (χ4n) is 2.22. The van der Waals surface area contributed by atoms with E-state index in [1.807, 2.05) is 6.92 Å². The number of benzene rings is 2. The molecule has 0 aliphatic heterocycles. The van der Waals surface area contributed by atoms with Crippen LogP contribution in [0.3, 0.4) is 0 Å². The van der Waals surface area contributed by atoms with Crippen LogP contribution in [0, 0.1) is 6.92 Å². The van der Waals surface area contributed by atoms with Gasteiger partial charge in [0.05, 0.1) is 17.4 Å². The smallest absolute Gasteiger partial charge is 0.416 e. The van der Waals surface area contributed by atoms with Crippen molar-refractivity contribution in [3.05, 3.63) is 53.6 Å². The van der Waals surface area contributed by atoms with Gasteiger partial charge in [0, 0.05) is 5.56 Å². The standard InChI is InChI=1S/C18H18F3NO2/c1-11(2)24-17(23)22-16-8-7-12(3)9-15(16)13-5-4-6-14(10-13)18(19,20)21/h4-11H,1-3H3,(H,22,23). The van der Waals surface area contributed by atoms with Gasteiger partial charge in [0.25, 0.3) is 0 Å². The van der Waals surface area contributed by atoms with Crippen LogP contribution in [-0.2, 0) is 10.9 Å². The number of rotatable bonds is 3. The fourth-order valence-corrected chi connectivity index (χ4v) is 2.22. The number of carbonyl (C=O) groups is 1. The predicted octanol–water partition coefficient (Wildman–Crippen LogP) is 5.64. The molecular formula is C18H18F3NO2. The summed E-state index contributed by atoms with van der Waals surface area (Å²) in [5, 5.41) is 2.58. The molecule has 2 rings (SSSR count). The highest BCUT2D eigenvalue weighted by molar-refractivity contribution is 5.91. The van der Waals surface area contributed by atoms with Crippen LogP contribution >= 0.6 is 0 Å². The molecule has 128 valence electrons. The van der Waals surface area contributed by atoms with Crippen molar-refractivity contribution >= 4 is 11.8 Å². The third-order valence-corrected chi connectivity index (χ3v) is 3.26. The molecule has 0 spiro atoms. The van der Waals surface area contributed by atoms with Crippen molar-refractivity contribution in [1.29, 1.82) is 0 Å². The normalized spacial score (nSPS) is 11.5. The van der Waals surface area contributed by atoms with E-state index in [1.165, 1.54) is 6.07 Å². The molecule has 0 aromatic heterocycles. The molecule has 24 heavy (non-hydrogen) atoms. The Morgan fingerprint density at radius 2 is 1.83 bits per heavy atom. The number of hydrogen-bond donors (Lipinski definition) is 1. The van der Waals surface area contributed by atoms with E-state index >= 15 is 0 Å². The summed E-state index contributed by atoms with van der Waals surface area (Å²) < 4.78 is 43.8. The summed E-state index contributed by atoms with van der Waals surface area (Å²) >= 11 is 0. The van der Waals surface area contributed by atoms with Crippen molar-refractivity contribution in [1.82, 2.24) is 0 Å². The zero-order valence-corrected chi connectivity index (χ0v) is 13.6. The Labute approximate surface area is 138 Å². The highest BCUT2D eigenvalue weighted by atomic mass is 19.4. The lowest BCUT2D eigenvalue weighted by Crippen LogP contribution is -2.18. The minimum absolute atomic E-state index is 0.299. The molecule has 0 aliphatic rings. The highest BCUT2D eigenvalue weighted by Gasteiger charge is 2.30. The van der Waals surface area contributed by atoms with Crippen molar-refractivity contribution in [3.63, 3.8) is 0 Å². The second kappa shape index (κ2) is 6.95. The van der Waals surface area contributed by atoms with E-state index in [-0.39, 0.29) is 6.10 Å². The molecule has 3 nitrogen and oxygen atoms in total. The van der Waals surface area contributed by atoms with E-state index in [9.17, 15) is 18.0 Å². The van der Waals surface area contributed by atoms with E-state index < -0.39 is 17.8 Å². The van der Waals surface area contributed by atoms with Crippen LogP contribution in [-0.4, -0.2) is 12.2 Å². The highest BCUT2D eigenvalue weighted by Crippen LogP contribution is 2.35. The Morgan fingerprint density at radius 3 is 2.46 bits per heavy atom. The summed E-state index contributed by atoms with van der Waals surface area (Å²) in [7, 11) is 0. The predicted molar refractivity (Wildman–Crippen MR) is 86.9 cm³/mol. The van der Waals surface area contributed by atoms with Gasteiger partial charge in [-0.3, -0.25) is 5.32 Å². The van der Waals surface area contributed by atoms with Gasteiger partial charge in [0.2, 0.25) is 0 Å². The molecule has 0 atom stereocenters. The van der Waals surface area contributed by atoms with E-state index in [4.69, 9.17) is 4.74 Å². The Hall–Kier alpha value is -2.50.